The Morgan fingerprint density at radius 3 is 1.68 bits per heavy atom. The highest BCUT2D eigenvalue weighted by molar-refractivity contribution is 5.81. The van der Waals surface area contributed by atoms with Crippen LogP contribution in [0.25, 0.3) is 0 Å². The second-order valence-corrected chi connectivity index (χ2v) is 3.16. The standard InChI is InChI=1S/C8H5F9O2/c1-2-4(18)19-3-5(9,10)6(11,12)7(13,14)8(15,16)17/h2H,1,3H2. The van der Waals surface area contributed by atoms with Crippen molar-refractivity contribution in [1.29, 1.82) is 0 Å². The van der Waals surface area contributed by atoms with E-state index in [1.807, 2.05) is 0 Å². The van der Waals surface area contributed by atoms with Crippen LogP contribution in [0.2, 0.25) is 0 Å². The molecular formula is C8H5F9O2. The predicted molar refractivity (Wildman–Crippen MR) is 42.1 cm³/mol. The second kappa shape index (κ2) is 4.93. The average molecular weight is 304 g/mol. The summed E-state index contributed by atoms with van der Waals surface area (Å²) in [6.07, 6.45) is -6.67. The Hall–Kier alpha value is -1.42. The highest BCUT2D eigenvalue weighted by Crippen LogP contribution is 2.52. The van der Waals surface area contributed by atoms with Crippen LogP contribution in [-0.2, 0) is 9.53 Å². The van der Waals surface area contributed by atoms with Gasteiger partial charge in [0.25, 0.3) is 0 Å². The topological polar surface area (TPSA) is 26.3 Å². The third-order valence-corrected chi connectivity index (χ3v) is 1.77. The molecule has 0 fully saturated rings. The average Bonchev–Trinajstić information content (AvgIpc) is 2.23. The van der Waals surface area contributed by atoms with Gasteiger partial charge in [0.15, 0.2) is 6.61 Å². The molecule has 0 aromatic rings. The second-order valence-electron chi connectivity index (χ2n) is 3.16. The zero-order valence-corrected chi connectivity index (χ0v) is 8.71. The molecule has 0 heterocycles. The van der Waals surface area contributed by atoms with Crippen LogP contribution in [0.3, 0.4) is 0 Å². The Morgan fingerprint density at radius 1 is 0.947 bits per heavy atom. The summed E-state index contributed by atoms with van der Waals surface area (Å²) in [6, 6.07) is 0. The summed E-state index contributed by atoms with van der Waals surface area (Å²) in [5.74, 6) is -21.4. The van der Waals surface area contributed by atoms with E-state index >= 15 is 0 Å². The number of halogens is 9. The SMILES string of the molecule is C=CC(=O)OCC(F)(F)C(F)(F)C(F)(F)C(F)(F)F. The van der Waals surface area contributed by atoms with Crippen LogP contribution in [0.1, 0.15) is 0 Å². The quantitative estimate of drug-likeness (QED) is 0.443. The van der Waals surface area contributed by atoms with Crippen molar-refractivity contribution in [3.8, 4) is 0 Å². The van der Waals surface area contributed by atoms with Gasteiger partial charge in [0.2, 0.25) is 0 Å². The first-order chi connectivity index (χ1) is 8.20. The van der Waals surface area contributed by atoms with E-state index in [0.717, 1.165) is 0 Å². The molecule has 0 aromatic carbocycles. The van der Waals surface area contributed by atoms with Gasteiger partial charge >= 0.3 is 29.9 Å². The first-order valence-corrected chi connectivity index (χ1v) is 4.20. The zero-order valence-electron chi connectivity index (χ0n) is 8.71. The van der Waals surface area contributed by atoms with Crippen molar-refractivity contribution < 1.29 is 49.0 Å². The molecule has 19 heavy (non-hydrogen) atoms. The van der Waals surface area contributed by atoms with Gasteiger partial charge in [-0.2, -0.15) is 39.5 Å². The molecule has 112 valence electrons. The van der Waals surface area contributed by atoms with E-state index in [4.69, 9.17) is 0 Å². The number of rotatable bonds is 5. The molecule has 0 N–H and O–H groups in total. The van der Waals surface area contributed by atoms with Gasteiger partial charge in [-0.05, 0) is 0 Å². The highest BCUT2D eigenvalue weighted by Gasteiger charge is 2.81. The van der Waals surface area contributed by atoms with Gasteiger partial charge in [0, 0.05) is 6.08 Å². The molecule has 0 aliphatic carbocycles. The Bertz CT molecular complexity index is 358. The van der Waals surface area contributed by atoms with Crippen LogP contribution in [-0.4, -0.2) is 36.5 Å². The molecular weight excluding hydrogens is 299 g/mol. The van der Waals surface area contributed by atoms with Crippen molar-refractivity contribution in [2.45, 2.75) is 23.9 Å². The number of carbonyl (C=O) groups excluding carboxylic acids is 1. The summed E-state index contributed by atoms with van der Waals surface area (Å²) < 4.78 is 113. The van der Waals surface area contributed by atoms with Crippen molar-refractivity contribution >= 4 is 5.97 Å². The smallest absolute Gasteiger partial charge is 0.456 e. The van der Waals surface area contributed by atoms with Gasteiger partial charge in [-0.1, -0.05) is 6.58 Å². The number of alkyl halides is 9. The lowest BCUT2D eigenvalue weighted by molar-refractivity contribution is -0.398. The monoisotopic (exact) mass is 304 g/mol. The summed E-state index contributed by atoms with van der Waals surface area (Å²) in [4.78, 5) is 10.3. The van der Waals surface area contributed by atoms with Gasteiger partial charge in [-0.15, -0.1) is 0 Å². The van der Waals surface area contributed by atoms with Gasteiger partial charge < -0.3 is 4.74 Å². The third kappa shape index (κ3) is 3.13. The Morgan fingerprint density at radius 2 is 1.37 bits per heavy atom. The Kier molecular flexibility index (Phi) is 4.56. The van der Waals surface area contributed by atoms with Crippen LogP contribution in [0.15, 0.2) is 12.7 Å². The fraction of sp³-hybridized carbons (Fsp3) is 0.625. The van der Waals surface area contributed by atoms with Crippen LogP contribution < -0.4 is 0 Å². The van der Waals surface area contributed by atoms with E-state index < -0.39 is 36.5 Å². The van der Waals surface area contributed by atoms with E-state index in [9.17, 15) is 44.3 Å². The molecule has 0 rings (SSSR count). The summed E-state index contributed by atoms with van der Waals surface area (Å²) in [6.45, 7) is 0.0202. The van der Waals surface area contributed by atoms with Gasteiger partial charge in [0.05, 0.1) is 0 Å². The van der Waals surface area contributed by atoms with Crippen LogP contribution >= 0.6 is 0 Å². The molecule has 0 aliphatic heterocycles. The van der Waals surface area contributed by atoms with Crippen molar-refractivity contribution in [1.82, 2.24) is 0 Å². The third-order valence-electron chi connectivity index (χ3n) is 1.77. The van der Waals surface area contributed by atoms with Gasteiger partial charge in [-0.25, -0.2) is 4.79 Å². The summed E-state index contributed by atoms with van der Waals surface area (Å²) >= 11 is 0. The molecule has 0 aliphatic rings. The molecule has 0 saturated heterocycles. The van der Waals surface area contributed by atoms with E-state index in [2.05, 4.69) is 11.3 Å². The lowest BCUT2D eigenvalue weighted by Gasteiger charge is -2.33. The lowest BCUT2D eigenvalue weighted by Crippen LogP contribution is -2.62. The number of hydrogen-bond donors (Lipinski definition) is 0. The first kappa shape index (κ1) is 17.6. The fourth-order valence-corrected chi connectivity index (χ4v) is 0.719. The van der Waals surface area contributed by atoms with Crippen LogP contribution in [0.5, 0.6) is 0 Å². The number of carbonyl (C=O) groups is 1. The van der Waals surface area contributed by atoms with Gasteiger partial charge in [0.1, 0.15) is 0 Å². The molecule has 0 amide bonds. The van der Waals surface area contributed by atoms with Crippen molar-refractivity contribution in [2.24, 2.45) is 0 Å². The molecule has 0 atom stereocenters. The molecule has 0 unspecified atom stereocenters. The van der Waals surface area contributed by atoms with Crippen molar-refractivity contribution in [3.05, 3.63) is 12.7 Å². The molecule has 0 aromatic heterocycles. The number of esters is 1. The van der Waals surface area contributed by atoms with E-state index in [1.165, 1.54) is 0 Å². The van der Waals surface area contributed by atoms with Gasteiger partial charge in [-0.3, -0.25) is 0 Å². The summed E-state index contributed by atoms with van der Waals surface area (Å²) in [7, 11) is 0. The van der Waals surface area contributed by atoms with E-state index in [-0.39, 0.29) is 6.08 Å². The fourth-order valence-electron chi connectivity index (χ4n) is 0.719. The number of hydrogen-bond acceptors (Lipinski definition) is 2. The molecule has 11 heteroatoms. The highest BCUT2D eigenvalue weighted by atomic mass is 19.4. The normalized spacial score (nSPS) is 14.2. The maximum Gasteiger partial charge on any atom is 0.460 e. The molecule has 0 saturated carbocycles. The minimum absolute atomic E-state index is 0.232. The maximum atomic E-state index is 12.7. The molecule has 0 spiro atoms. The molecule has 0 radical (unpaired) electrons. The first-order valence-electron chi connectivity index (χ1n) is 4.20. The lowest BCUT2D eigenvalue weighted by atomic mass is 10.0. The largest absolute Gasteiger partial charge is 0.460 e. The van der Waals surface area contributed by atoms with E-state index in [0.29, 0.717) is 0 Å². The number of ether oxygens (including phenoxy) is 1. The van der Waals surface area contributed by atoms with Crippen LogP contribution in [0, 0.1) is 0 Å². The van der Waals surface area contributed by atoms with Crippen molar-refractivity contribution in [2.75, 3.05) is 6.61 Å². The molecule has 2 nitrogen and oxygen atoms in total. The van der Waals surface area contributed by atoms with Crippen molar-refractivity contribution in [3.63, 3.8) is 0 Å². The Balaban J connectivity index is 5.27. The Labute approximate surface area is 99.4 Å². The predicted octanol–water partition coefficient (Wildman–Crippen LogP) is 3.18. The minimum atomic E-state index is -7.00. The van der Waals surface area contributed by atoms with Crippen LogP contribution in [0.4, 0.5) is 39.5 Å². The minimum Gasteiger partial charge on any atom is -0.456 e. The zero-order chi connectivity index (χ0) is 15.7. The van der Waals surface area contributed by atoms with E-state index in [1.54, 1.807) is 0 Å². The maximum absolute atomic E-state index is 12.7. The summed E-state index contributed by atoms with van der Waals surface area (Å²) in [5, 5.41) is 0. The molecule has 0 bridgehead atoms. The summed E-state index contributed by atoms with van der Waals surface area (Å²) in [5.41, 5.74) is 0.